The number of carbonyl (C=O) groups is 1. The third-order valence-corrected chi connectivity index (χ3v) is 7.20. The predicted octanol–water partition coefficient (Wildman–Crippen LogP) is 4.54. The fraction of sp³-hybridized carbons (Fsp3) is 0.115. The lowest BCUT2D eigenvalue weighted by molar-refractivity contribution is -0.113. The summed E-state index contributed by atoms with van der Waals surface area (Å²) in [5.74, 6) is -0.285. The molecule has 3 heterocycles. The maximum Gasteiger partial charge on any atom is 0.271 e. The minimum atomic E-state index is -0.611. The second-order valence-corrected chi connectivity index (χ2v) is 9.88. The molecule has 1 N–H and O–H groups in total. The first kappa shape index (κ1) is 22.3. The van der Waals surface area contributed by atoms with Crippen LogP contribution in [0.5, 0.6) is 0 Å². The van der Waals surface area contributed by atoms with Gasteiger partial charge in [-0.15, -0.1) is 0 Å². The quantitative estimate of drug-likeness (QED) is 0.418. The lowest BCUT2D eigenvalue weighted by atomic mass is 9.95. The summed E-state index contributed by atoms with van der Waals surface area (Å²) < 4.78 is 8.18. The van der Waals surface area contributed by atoms with Gasteiger partial charge in [-0.2, -0.15) is 0 Å². The maximum absolute atomic E-state index is 13.6. The standard InChI is InChI=1S/C26H20BrN3O3S/c1-15-5-3-4-6-20(15)29-24(31)22-16(2)28-26-30(23(22)18-7-9-19(27)10-8-18)25(32)21(34-26)13-17-11-12-33-14-17/h3-14,23H,1-2H3,(H,29,31). The zero-order chi connectivity index (χ0) is 23.8. The Hall–Kier alpha value is -3.49. The van der Waals surface area contributed by atoms with E-state index in [4.69, 9.17) is 4.42 Å². The molecule has 0 saturated heterocycles. The van der Waals surface area contributed by atoms with Crippen LogP contribution in [0.25, 0.3) is 6.08 Å². The number of furan rings is 1. The van der Waals surface area contributed by atoms with Crippen molar-refractivity contribution in [1.29, 1.82) is 0 Å². The summed E-state index contributed by atoms with van der Waals surface area (Å²) >= 11 is 4.77. The van der Waals surface area contributed by atoms with Crippen LogP contribution in [0.15, 0.2) is 97.1 Å². The molecule has 1 amide bonds. The second-order valence-electron chi connectivity index (χ2n) is 7.96. The zero-order valence-electron chi connectivity index (χ0n) is 18.4. The van der Waals surface area contributed by atoms with E-state index in [2.05, 4.69) is 26.2 Å². The van der Waals surface area contributed by atoms with E-state index in [-0.39, 0.29) is 11.5 Å². The first-order valence-electron chi connectivity index (χ1n) is 10.6. The number of benzene rings is 2. The highest BCUT2D eigenvalue weighted by Gasteiger charge is 2.32. The number of anilines is 1. The molecule has 1 unspecified atom stereocenters. The highest BCUT2D eigenvalue weighted by atomic mass is 79.9. The molecule has 4 aromatic rings. The van der Waals surface area contributed by atoms with Crippen LogP contribution in [-0.4, -0.2) is 10.5 Å². The Labute approximate surface area is 207 Å². The maximum atomic E-state index is 13.6. The van der Waals surface area contributed by atoms with E-state index in [1.807, 2.05) is 62.4 Å². The van der Waals surface area contributed by atoms with Crippen LogP contribution in [0.4, 0.5) is 5.69 Å². The van der Waals surface area contributed by atoms with E-state index in [9.17, 15) is 9.59 Å². The molecule has 8 heteroatoms. The van der Waals surface area contributed by atoms with Gasteiger partial charge in [-0.25, -0.2) is 4.99 Å². The van der Waals surface area contributed by atoms with Gasteiger partial charge in [0, 0.05) is 15.7 Å². The van der Waals surface area contributed by atoms with Crippen molar-refractivity contribution in [1.82, 2.24) is 4.57 Å². The van der Waals surface area contributed by atoms with Gasteiger partial charge in [0.25, 0.3) is 11.5 Å². The summed E-state index contributed by atoms with van der Waals surface area (Å²) in [6.45, 7) is 3.75. The highest BCUT2D eigenvalue weighted by Crippen LogP contribution is 2.31. The number of nitrogens with one attached hydrogen (secondary N) is 1. The molecular formula is C26H20BrN3O3S. The summed E-state index contributed by atoms with van der Waals surface area (Å²) in [6.07, 6.45) is 4.92. The van der Waals surface area contributed by atoms with Crippen molar-refractivity contribution in [3.05, 3.63) is 119 Å². The minimum absolute atomic E-state index is 0.202. The Morgan fingerprint density at radius 2 is 1.91 bits per heavy atom. The minimum Gasteiger partial charge on any atom is -0.472 e. The molecule has 0 radical (unpaired) electrons. The molecule has 2 aromatic carbocycles. The molecule has 0 fully saturated rings. The number of amides is 1. The third-order valence-electron chi connectivity index (χ3n) is 5.69. The molecular weight excluding hydrogens is 514 g/mol. The number of fused-ring (bicyclic) bond motifs is 1. The number of carbonyl (C=O) groups excluding carboxylic acids is 1. The molecule has 0 bridgehead atoms. The lowest BCUT2D eigenvalue weighted by Gasteiger charge is -2.25. The fourth-order valence-electron chi connectivity index (χ4n) is 3.98. The Balaban J connectivity index is 1.68. The van der Waals surface area contributed by atoms with Crippen molar-refractivity contribution in [2.75, 3.05) is 5.32 Å². The van der Waals surface area contributed by atoms with E-state index < -0.39 is 6.04 Å². The molecule has 0 saturated carbocycles. The van der Waals surface area contributed by atoms with Crippen molar-refractivity contribution >= 4 is 44.9 Å². The molecule has 34 heavy (non-hydrogen) atoms. The van der Waals surface area contributed by atoms with Gasteiger partial charge in [-0.3, -0.25) is 14.2 Å². The van der Waals surface area contributed by atoms with Crippen LogP contribution >= 0.6 is 27.3 Å². The molecule has 0 aliphatic carbocycles. The number of aryl methyl sites for hydroxylation is 1. The van der Waals surface area contributed by atoms with Crippen LogP contribution in [-0.2, 0) is 4.79 Å². The summed E-state index contributed by atoms with van der Waals surface area (Å²) in [6, 6.07) is 16.4. The summed E-state index contributed by atoms with van der Waals surface area (Å²) in [5.41, 5.74) is 4.10. The lowest BCUT2D eigenvalue weighted by Crippen LogP contribution is -2.40. The number of thiazole rings is 1. The summed E-state index contributed by atoms with van der Waals surface area (Å²) in [7, 11) is 0. The van der Waals surface area contributed by atoms with E-state index in [0.29, 0.717) is 20.6 Å². The van der Waals surface area contributed by atoms with Crippen LogP contribution in [0, 0.1) is 6.92 Å². The SMILES string of the molecule is CC1=C(C(=O)Nc2ccccc2C)C(c2ccc(Br)cc2)n2c(sc(=Cc3ccoc3)c2=O)=N1. The monoisotopic (exact) mass is 533 g/mol. The van der Waals surface area contributed by atoms with Gasteiger partial charge in [0.1, 0.15) is 0 Å². The van der Waals surface area contributed by atoms with Gasteiger partial charge < -0.3 is 9.73 Å². The van der Waals surface area contributed by atoms with Gasteiger partial charge in [0.15, 0.2) is 4.80 Å². The zero-order valence-corrected chi connectivity index (χ0v) is 20.8. The van der Waals surface area contributed by atoms with Gasteiger partial charge in [-0.1, -0.05) is 57.6 Å². The molecule has 1 aliphatic heterocycles. The number of hydrogen-bond donors (Lipinski definition) is 1. The molecule has 1 atom stereocenters. The van der Waals surface area contributed by atoms with E-state index >= 15 is 0 Å². The number of allylic oxidation sites excluding steroid dienone is 1. The van der Waals surface area contributed by atoms with Gasteiger partial charge >= 0.3 is 0 Å². The number of halogens is 1. The Morgan fingerprint density at radius 1 is 1.15 bits per heavy atom. The molecule has 5 rings (SSSR count). The predicted molar refractivity (Wildman–Crippen MR) is 136 cm³/mol. The molecule has 170 valence electrons. The first-order valence-corrected chi connectivity index (χ1v) is 12.2. The van der Waals surface area contributed by atoms with E-state index in [0.717, 1.165) is 26.9 Å². The number of nitrogens with zero attached hydrogens (tertiary/aromatic N) is 2. The van der Waals surface area contributed by atoms with Crippen molar-refractivity contribution in [2.45, 2.75) is 19.9 Å². The molecule has 1 aliphatic rings. The molecule has 0 spiro atoms. The average molecular weight is 534 g/mol. The number of para-hydroxylation sites is 1. The topological polar surface area (TPSA) is 76.6 Å². The Morgan fingerprint density at radius 3 is 2.62 bits per heavy atom. The average Bonchev–Trinajstić information content (AvgIpc) is 3.43. The Bertz CT molecular complexity index is 1600. The van der Waals surface area contributed by atoms with Gasteiger partial charge in [0.2, 0.25) is 0 Å². The van der Waals surface area contributed by atoms with E-state index in [1.165, 1.54) is 11.3 Å². The van der Waals surface area contributed by atoms with Gasteiger partial charge in [-0.05, 0) is 55.3 Å². The first-order chi connectivity index (χ1) is 16.4. The smallest absolute Gasteiger partial charge is 0.271 e. The van der Waals surface area contributed by atoms with Crippen molar-refractivity contribution in [3.8, 4) is 0 Å². The highest BCUT2D eigenvalue weighted by molar-refractivity contribution is 9.10. The number of aromatic nitrogens is 1. The van der Waals surface area contributed by atoms with Crippen molar-refractivity contribution in [2.24, 2.45) is 4.99 Å². The summed E-state index contributed by atoms with van der Waals surface area (Å²) in [4.78, 5) is 32.4. The molecule has 6 nitrogen and oxygen atoms in total. The van der Waals surface area contributed by atoms with Crippen molar-refractivity contribution in [3.63, 3.8) is 0 Å². The number of rotatable bonds is 4. The van der Waals surface area contributed by atoms with E-state index in [1.54, 1.807) is 29.2 Å². The van der Waals surface area contributed by atoms with Crippen LogP contribution < -0.4 is 20.2 Å². The van der Waals surface area contributed by atoms with Crippen LogP contribution in [0.3, 0.4) is 0 Å². The fourth-order valence-corrected chi connectivity index (χ4v) is 5.29. The van der Waals surface area contributed by atoms with Gasteiger partial charge in [0.05, 0.1) is 34.4 Å². The third kappa shape index (κ3) is 4.10. The van der Waals surface area contributed by atoms with Crippen LogP contribution in [0.1, 0.15) is 29.7 Å². The largest absolute Gasteiger partial charge is 0.472 e. The second kappa shape index (κ2) is 9.04. The molecule has 2 aromatic heterocycles. The van der Waals surface area contributed by atoms with Crippen LogP contribution in [0.2, 0.25) is 0 Å². The number of hydrogen-bond acceptors (Lipinski definition) is 5. The van der Waals surface area contributed by atoms with Crippen molar-refractivity contribution < 1.29 is 9.21 Å². The Kier molecular flexibility index (Phi) is 5.93. The summed E-state index contributed by atoms with van der Waals surface area (Å²) in [5, 5.41) is 3.02. The normalized spacial score (nSPS) is 15.7.